The van der Waals surface area contributed by atoms with Crippen LogP contribution in [0.2, 0.25) is 0 Å². The van der Waals surface area contributed by atoms with Crippen LogP contribution in [0.5, 0.6) is 0 Å². The van der Waals surface area contributed by atoms with E-state index >= 15 is 0 Å². The minimum atomic E-state index is -0.157. The molecule has 1 heterocycles. The second-order valence-electron chi connectivity index (χ2n) is 6.29. The fourth-order valence-electron chi connectivity index (χ4n) is 3.18. The summed E-state index contributed by atoms with van der Waals surface area (Å²) in [5.41, 5.74) is 3.99. The van der Waals surface area contributed by atoms with E-state index in [1.807, 2.05) is 32.9 Å². The molecule has 5 nitrogen and oxygen atoms in total. The van der Waals surface area contributed by atoms with Crippen molar-refractivity contribution in [2.75, 3.05) is 24.6 Å². The highest BCUT2D eigenvalue weighted by Crippen LogP contribution is 2.26. The molecular formula is C18H26N2O3. The van der Waals surface area contributed by atoms with E-state index in [1.54, 1.807) is 4.90 Å². The van der Waals surface area contributed by atoms with Crippen molar-refractivity contribution in [3.05, 3.63) is 28.8 Å². The minimum absolute atomic E-state index is 0.0345. The molecule has 1 N–H and O–H groups in total. The van der Waals surface area contributed by atoms with Crippen molar-refractivity contribution in [1.82, 2.24) is 5.32 Å². The van der Waals surface area contributed by atoms with Crippen molar-refractivity contribution in [2.24, 2.45) is 0 Å². The molecule has 0 saturated carbocycles. The van der Waals surface area contributed by atoms with E-state index in [-0.39, 0.29) is 24.5 Å². The van der Waals surface area contributed by atoms with Gasteiger partial charge in [-0.25, -0.2) is 0 Å². The monoisotopic (exact) mass is 318 g/mol. The second kappa shape index (κ2) is 7.59. The number of nitrogens with one attached hydrogen (secondary N) is 1. The lowest BCUT2D eigenvalue weighted by molar-refractivity contribution is -0.123. The summed E-state index contributed by atoms with van der Waals surface area (Å²) in [6, 6.07) is 4.06. The highest BCUT2D eigenvalue weighted by atomic mass is 16.5. The lowest BCUT2D eigenvalue weighted by Crippen LogP contribution is -2.42. The summed E-state index contributed by atoms with van der Waals surface area (Å²) in [5, 5.41) is 2.87. The number of benzene rings is 1. The van der Waals surface area contributed by atoms with Gasteiger partial charge in [-0.1, -0.05) is 17.7 Å². The van der Waals surface area contributed by atoms with Crippen LogP contribution >= 0.6 is 0 Å². The predicted octanol–water partition coefficient (Wildman–Crippen LogP) is 2.26. The van der Waals surface area contributed by atoms with Gasteiger partial charge in [-0.3, -0.25) is 9.59 Å². The summed E-state index contributed by atoms with van der Waals surface area (Å²) in [4.78, 5) is 25.8. The van der Waals surface area contributed by atoms with E-state index in [0.29, 0.717) is 6.54 Å². The van der Waals surface area contributed by atoms with Crippen molar-refractivity contribution in [3.63, 3.8) is 0 Å². The molecule has 0 spiro atoms. The zero-order valence-electron chi connectivity index (χ0n) is 14.4. The van der Waals surface area contributed by atoms with Gasteiger partial charge in [-0.05, 0) is 44.7 Å². The molecule has 0 bridgehead atoms. The molecule has 126 valence electrons. The van der Waals surface area contributed by atoms with Gasteiger partial charge >= 0.3 is 0 Å². The smallest absolute Gasteiger partial charge is 0.240 e. The number of hydrogen-bond acceptors (Lipinski definition) is 3. The third kappa shape index (κ3) is 4.55. The molecule has 1 aliphatic heterocycles. The number of carbonyl (C=O) groups excluding carboxylic acids is 2. The van der Waals surface area contributed by atoms with Gasteiger partial charge in [0.25, 0.3) is 0 Å². The summed E-state index contributed by atoms with van der Waals surface area (Å²) in [6.07, 6.45) is 2.13. The van der Waals surface area contributed by atoms with Gasteiger partial charge in [0, 0.05) is 20.1 Å². The first-order valence-corrected chi connectivity index (χ1v) is 8.12. The van der Waals surface area contributed by atoms with Crippen LogP contribution in [0.4, 0.5) is 5.69 Å². The van der Waals surface area contributed by atoms with Gasteiger partial charge in [-0.2, -0.15) is 0 Å². The van der Waals surface area contributed by atoms with Gasteiger partial charge in [0.15, 0.2) is 0 Å². The number of ether oxygens (including phenoxy) is 1. The highest BCUT2D eigenvalue weighted by Gasteiger charge is 2.21. The fraction of sp³-hybridized carbons (Fsp3) is 0.556. The Morgan fingerprint density at radius 1 is 1.26 bits per heavy atom. The molecular weight excluding hydrogens is 292 g/mol. The van der Waals surface area contributed by atoms with Crippen molar-refractivity contribution in [2.45, 2.75) is 46.6 Å². The summed E-state index contributed by atoms with van der Waals surface area (Å²) < 4.78 is 5.50. The lowest BCUT2D eigenvalue weighted by Gasteiger charge is -2.25. The fourth-order valence-corrected chi connectivity index (χ4v) is 3.18. The van der Waals surface area contributed by atoms with E-state index < -0.39 is 0 Å². The number of rotatable bonds is 5. The number of hydrogen-bond donors (Lipinski definition) is 1. The molecule has 1 aromatic rings. The summed E-state index contributed by atoms with van der Waals surface area (Å²) >= 11 is 0. The van der Waals surface area contributed by atoms with Crippen molar-refractivity contribution >= 4 is 17.5 Å². The average Bonchev–Trinajstić information content (AvgIpc) is 2.96. The van der Waals surface area contributed by atoms with Crippen LogP contribution in [0.3, 0.4) is 0 Å². The molecule has 0 aromatic heterocycles. The van der Waals surface area contributed by atoms with Gasteiger partial charge in [0.1, 0.15) is 6.54 Å². The van der Waals surface area contributed by atoms with Crippen LogP contribution in [0.25, 0.3) is 0 Å². The third-order valence-electron chi connectivity index (χ3n) is 4.14. The number of amides is 2. The van der Waals surface area contributed by atoms with Crippen molar-refractivity contribution in [3.8, 4) is 0 Å². The SMILES string of the molecule is CC(=O)N(CC(=O)NCC1CCCO1)c1c(C)cc(C)cc1C. The second-order valence-corrected chi connectivity index (χ2v) is 6.29. The van der Waals surface area contributed by atoms with Crippen LogP contribution < -0.4 is 10.2 Å². The first kappa shape index (κ1) is 17.5. The molecule has 5 heteroatoms. The van der Waals surface area contributed by atoms with Gasteiger partial charge in [0.05, 0.1) is 11.8 Å². The Morgan fingerprint density at radius 3 is 2.43 bits per heavy atom. The molecule has 0 radical (unpaired) electrons. The van der Waals surface area contributed by atoms with Gasteiger partial charge < -0.3 is 15.0 Å². The maximum atomic E-state index is 12.2. The average molecular weight is 318 g/mol. The Hall–Kier alpha value is -1.88. The summed E-state index contributed by atoms with van der Waals surface area (Å²) in [5.74, 6) is -0.289. The molecule has 1 atom stereocenters. The van der Waals surface area contributed by atoms with E-state index in [2.05, 4.69) is 5.32 Å². The molecule has 1 unspecified atom stereocenters. The number of anilines is 1. The Balaban J connectivity index is 2.06. The normalized spacial score (nSPS) is 17.1. The molecule has 0 aliphatic carbocycles. The van der Waals surface area contributed by atoms with Crippen LogP contribution in [-0.2, 0) is 14.3 Å². The largest absolute Gasteiger partial charge is 0.376 e. The molecule has 2 amide bonds. The number of nitrogens with zero attached hydrogens (tertiary/aromatic N) is 1. The highest BCUT2D eigenvalue weighted by molar-refractivity contribution is 5.98. The van der Waals surface area contributed by atoms with Gasteiger partial charge in [0.2, 0.25) is 11.8 Å². The standard InChI is InChI=1S/C18H26N2O3/c1-12-8-13(2)18(14(3)9-12)20(15(4)21)11-17(22)19-10-16-6-5-7-23-16/h8-9,16H,5-7,10-11H2,1-4H3,(H,19,22). The van der Waals surface area contributed by atoms with Gasteiger partial charge in [-0.15, -0.1) is 0 Å². The molecule has 2 rings (SSSR count). The van der Waals surface area contributed by atoms with E-state index in [1.165, 1.54) is 6.92 Å². The molecule has 1 saturated heterocycles. The molecule has 1 fully saturated rings. The molecule has 1 aliphatic rings. The lowest BCUT2D eigenvalue weighted by atomic mass is 10.0. The molecule has 1 aromatic carbocycles. The maximum absolute atomic E-state index is 12.2. The van der Waals surface area contributed by atoms with E-state index in [0.717, 1.165) is 41.8 Å². The Bertz CT molecular complexity index is 569. The number of carbonyl (C=O) groups is 2. The van der Waals surface area contributed by atoms with Crippen LogP contribution in [0.1, 0.15) is 36.5 Å². The number of aryl methyl sites for hydroxylation is 3. The Kier molecular flexibility index (Phi) is 5.77. The van der Waals surface area contributed by atoms with Crippen LogP contribution in [-0.4, -0.2) is 37.6 Å². The maximum Gasteiger partial charge on any atom is 0.240 e. The van der Waals surface area contributed by atoms with Crippen molar-refractivity contribution < 1.29 is 14.3 Å². The van der Waals surface area contributed by atoms with E-state index in [9.17, 15) is 9.59 Å². The van der Waals surface area contributed by atoms with E-state index in [4.69, 9.17) is 4.74 Å². The Morgan fingerprint density at radius 2 is 1.91 bits per heavy atom. The van der Waals surface area contributed by atoms with Crippen LogP contribution in [0, 0.1) is 20.8 Å². The topological polar surface area (TPSA) is 58.6 Å². The zero-order valence-corrected chi connectivity index (χ0v) is 14.4. The first-order chi connectivity index (χ1) is 10.9. The quantitative estimate of drug-likeness (QED) is 0.906. The summed E-state index contributed by atoms with van der Waals surface area (Å²) in [6.45, 7) is 8.76. The molecule has 23 heavy (non-hydrogen) atoms. The Labute approximate surface area is 138 Å². The third-order valence-corrected chi connectivity index (χ3v) is 4.14. The predicted molar refractivity (Wildman–Crippen MR) is 90.7 cm³/mol. The minimum Gasteiger partial charge on any atom is -0.376 e. The zero-order chi connectivity index (χ0) is 17.0. The van der Waals surface area contributed by atoms with Crippen LogP contribution in [0.15, 0.2) is 12.1 Å². The first-order valence-electron chi connectivity index (χ1n) is 8.12. The van der Waals surface area contributed by atoms with Crippen molar-refractivity contribution in [1.29, 1.82) is 0 Å². The summed E-state index contributed by atoms with van der Waals surface area (Å²) in [7, 11) is 0.